The van der Waals surface area contributed by atoms with E-state index in [-0.39, 0.29) is 24.8 Å². The van der Waals surface area contributed by atoms with Gasteiger partial charge in [-0.05, 0) is 20.8 Å². The third-order valence-electron chi connectivity index (χ3n) is 1.78. The molecule has 11 heavy (non-hydrogen) atoms. The first-order valence-corrected chi connectivity index (χ1v) is 3.58. The smallest absolute Gasteiger partial charge is 0.0250 e. The maximum absolute atomic E-state index is 3.45. The first-order chi connectivity index (χ1) is 4.10. The van der Waals surface area contributed by atoms with E-state index in [4.69, 9.17) is 0 Å². The van der Waals surface area contributed by atoms with Crippen molar-refractivity contribution in [3.63, 3.8) is 0 Å². The second-order valence-electron chi connectivity index (χ2n) is 3.55. The molecule has 1 fully saturated rings. The third kappa shape index (κ3) is 4.86. The molecule has 0 radical (unpaired) electrons. The van der Waals surface area contributed by atoms with Crippen LogP contribution in [0.15, 0.2) is 0 Å². The van der Waals surface area contributed by atoms with Crippen LogP contribution in [0.3, 0.4) is 0 Å². The van der Waals surface area contributed by atoms with Gasteiger partial charge in [-0.25, -0.2) is 0 Å². The van der Waals surface area contributed by atoms with E-state index >= 15 is 0 Å². The highest BCUT2D eigenvalue weighted by Gasteiger charge is 2.22. The van der Waals surface area contributed by atoms with Crippen LogP contribution in [-0.4, -0.2) is 24.7 Å². The molecule has 0 aromatic rings. The summed E-state index contributed by atoms with van der Waals surface area (Å²) >= 11 is 0. The second-order valence-corrected chi connectivity index (χ2v) is 3.55. The fourth-order valence-electron chi connectivity index (χ4n) is 0.993. The van der Waals surface area contributed by atoms with E-state index < -0.39 is 0 Å². The van der Waals surface area contributed by atoms with Crippen molar-refractivity contribution in [1.82, 2.24) is 10.6 Å². The van der Waals surface area contributed by atoms with Crippen LogP contribution in [0.1, 0.15) is 20.8 Å². The van der Waals surface area contributed by atoms with Crippen LogP contribution in [0.25, 0.3) is 0 Å². The summed E-state index contributed by atoms with van der Waals surface area (Å²) in [5.74, 6) is 0. The molecule has 0 aromatic heterocycles. The Bertz CT molecular complexity index is 96.6. The zero-order chi connectivity index (χ0) is 6.91. The zero-order valence-electron chi connectivity index (χ0n) is 7.31. The summed E-state index contributed by atoms with van der Waals surface area (Å²) in [6.45, 7) is 8.79. The molecular weight excluding hydrogens is 183 g/mol. The van der Waals surface area contributed by atoms with Crippen molar-refractivity contribution in [3.8, 4) is 0 Å². The molecule has 1 heterocycles. The van der Waals surface area contributed by atoms with Crippen molar-refractivity contribution in [1.29, 1.82) is 0 Å². The Hall–Kier alpha value is 0.500. The van der Waals surface area contributed by atoms with Crippen molar-refractivity contribution in [2.24, 2.45) is 0 Å². The Morgan fingerprint density at radius 3 is 2.09 bits per heavy atom. The summed E-state index contributed by atoms with van der Waals surface area (Å²) in [5.41, 5.74) is 0.298. The summed E-state index contributed by atoms with van der Waals surface area (Å²) in [4.78, 5) is 0. The van der Waals surface area contributed by atoms with Gasteiger partial charge in [-0.2, -0.15) is 0 Å². The van der Waals surface area contributed by atoms with Crippen LogP contribution >= 0.6 is 24.8 Å². The third-order valence-corrected chi connectivity index (χ3v) is 1.78. The molecule has 1 atom stereocenters. The number of halogens is 2. The van der Waals surface area contributed by atoms with Crippen LogP contribution in [-0.2, 0) is 0 Å². The summed E-state index contributed by atoms with van der Waals surface area (Å²) in [6.07, 6.45) is 0. The molecule has 0 aliphatic carbocycles. The highest BCUT2D eigenvalue weighted by molar-refractivity contribution is 5.85. The van der Waals surface area contributed by atoms with E-state index in [9.17, 15) is 0 Å². The fraction of sp³-hybridized carbons (Fsp3) is 1.00. The van der Waals surface area contributed by atoms with Crippen molar-refractivity contribution >= 4 is 24.8 Å². The van der Waals surface area contributed by atoms with Gasteiger partial charge in [0.25, 0.3) is 0 Å². The molecule has 4 heteroatoms. The van der Waals surface area contributed by atoms with Gasteiger partial charge in [-0.3, -0.25) is 0 Å². The first kappa shape index (κ1) is 14.0. The molecule has 0 amide bonds. The van der Waals surface area contributed by atoms with E-state index in [0.29, 0.717) is 11.6 Å². The second kappa shape index (κ2) is 5.20. The van der Waals surface area contributed by atoms with E-state index in [1.807, 2.05) is 0 Å². The van der Waals surface area contributed by atoms with Gasteiger partial charge in [-0.1, -0.05) is 0 Å². The number of nitrogens with one attached hydrogen (secondary N) is 2. The van der Waals surface area contributed by atoms with Crippen molar-refractivity contribution in [2.75, 3.05) is 13.1 Å². The lowest BCUT2D eigenvalue weighted by Gasteiger charge is -2.35. The Morgan fingerprint density at radius 1 is 1.27 bits per heavy atom. The van der Waals surface area contributed by atoms with E-state index in [0.717, 1.165) is 13.1 Å². The number of rotatable bonds is 0. The number of piperazine rings is 1. The van der Waals surface area contributed by atoms with Gasteiger partial charge in [-0.15, -0.1) is 24.8 Å². The summed E-state index contributed by atoms with van der Waals surface area (Å²) in [7, 11) is 0. The van der Waals surface area contributed by atoms with Crippen LogP contribution in [0, 0.1) is 0 Å². The van der Waals surface area contributed by atoms with Crippen LogP contribution in [0.4, 0.5) is 0 Å². The highest BCUT2D eigenvalue weighted by Crippen LogP contribution is 2.04. The molecular formula is C7H18Cl2N2. The molecule has 2 nitrogen and oxygen atoms in total. The molecule has 0 bridgehead atoms. The van der Waals surface area contributed by atoms with Crippen molar-refractivity contribution < 1.29 is 0 Å². The van der Waals surface area contributed by atoms with Gasteiger partial charge in [0.2, 0.25) is 0 Å². The predicted octanol–water partition coefficient (Wildman–Crippen LogP) is 1.19. The van der Waals surface area contributed by atoms with Crippen LogP contribution < -0.4 is 10.6 Å². The van der Waals surface area contributed by atoms with E-state index in [2.05, 4.69) is 31.4 Å². The molecule has 1 aliphatic heterocycles. The Morgan fingerprint density at radius 2 is 1.82 bits per heavy atom. The molecule has 1 rings (SSSR count). The van der Waals surface area contributed by atoms with Gasteiger partial charge >= 0.3 is 0 Å². The minimum absolute atomic E-state index is 0. The van der Waals surface area contributed by atoms with Gasteiger partial charge in [0, 0.05) is 24.7 Å². The molecule has 1 unspecified atom stereocenters. The maximum atomic E-state index is 3.45. The standard InChI is InChI=1S/C7H16N2.2ClH/c1-6-4-9-7(2,3)5-8-6;;/h6,8-9H,4-5H2,1-3H3;2*1H. The molecule has 0 spiro atoms. The molecule has 70 valence electrons. The van der Waals surface area contributed by atoms with Gasteiger partial charge in [0.1, 0.15) is 0 Å². The highest BCUT2D eigenvalue weighted by atomic mass is 35.5. The predicted molar refractivity (Wildman–Crippen MR) is 54.0 cm³/mol. The molecule has 0 saturated carbocycles. The lowest BCUT2D eigenvalue weighted by molar-refractivity contribution is 0.282. The maximum Gasteiger partial charge on any atom is 0.0250 e. The normalized spacial score (nSPS) is 28.1. The largest absolute Gasteiger partial charge is 0.311 e. The van der Waals surface area contributed by atoms with Gasteiger partial charge < -0.3 is 10.6 Å². The average molecular weight is 201 g/mol. The molecule has 2 N–H and O–H groups in total. The van der Waals surface area contributed by atoms with Gasteiger partial charge in [0.15, 0.2) is 0 Å². The fourth-order valence-corrected chi connectivity index (χ4v) is 0.993. The molecule has 1 saturated heterocycles. The van der Waals surface area contributed by atoms with Crippen LogP contribution in [0.2, 0.25) is 0 Å². The molecule has 1 aliphatic rings. The Kier molecular flexibility index (Phi) is 6.64. The number of hydrogen-bond donors (Lipinski definition) is 2. The lowest BCUT2D eigenvalue weighted by Crippen LogP contribution is -2.58. The monoisotopic (exact) mass is 200 g/mol. The van der Waals surface area contributed by atoms with Gasteiger partial charge in [0.05, 0.1) is 0 Å². The zero-order valence-corrected chi connectivity index (χ0v) is 8.94. The quantitative estimate of drug-likeness (QED) is 0.615. The first-order valence-electron chi connectivity index (χ1n) is 3.58. The van der Waals surface area contributed by atoms with Crippen LogP contribution in [0.5, 0.6) is 0 Å². The van der Waals surface area contributed by atoms with E-state index in [1.165, 1.54) is 0 Å². The average Bonchev–Trinajstić information content (AvgIpc) is 1.78. The van der Waals surface area contributed by atoms with Crippen molar-refractivity contribution in [3.05, 3.63) is 0 Å². The van der Waals surface area contributed by atoms with Crippen molar-refractivity contribution in [2.45, 2.75) is 32.4 Å². The molecule has 0 aromatic carbocycles. The van der Waals surface area contributed by atoms with E-state index in [1.54, 1.807) is 0 Å². The minimum Gasteiger partial charge on any atom is -0.311 e. The Labute approximate surface area is 81.3 Å². The minimum atomic E-state index is 0. The topological polar surface area (TPSA) is 24.1 Å². The summed E-state index contributed by atoms with van der Waals surface area (Å²) in [5, 5.41) is 6.86. The number of hydrogen-bond acceptors (Lipinski definition) is 2. The SMILES string of the molecule is CC1CNC(C)(C)CN1.Cl.Cl. The summed E-state index contributed by atoms with van der Waals surface area (Å²) < 4.78 is 0. The Balaban J connectivity index is 0. The lowest BCUT2D eigenvalue weighted by atomic mass is 10.0. The summed E-state index contributed by atoms with van der Waals surface area (Å²) in [6, 6.07) is 0.637.